The lowest BCUT2D eigenvalue weighted by Crippen LogP contribution is -2.31. The summed E-state index contributed by atoms with van der Waals surface area (Å²) in [6, 6.07) is 14.3. The van der Waals surface area contributed by atoms with Gasteiger partial charge in [-0.15, -0.1) is 0 Å². The molecular weight excluding hydrogens is 417 g/mol. The fourth-order valence-electron chi connectivity index (χ4n) is 1.72. The van der Waals surface area contributed by atoms with Crippen molar-refractivity contribution >= 4 is 46.1 Å². The molecule has 0 aliphatic heterocycles. The van der Waals surface area contributed by atoms with Gasteiger partial charge < -0.3 is 10.1 Å². The third kappa shape index (κ3) is 4.71. The Morgan fingerprint density at radius 2 is 1.77 bits per heavy atom. The zero-order valence-electron chi connectivity index (χ0n) is 11.5. The summed E-state index contributed by atoms with van der Waals surface area (Å²) in [7, 11) is 0. The summed E-state index contributed by atoms with van der Waals surface area (Å²) < 4.78 is 5.91. The normalized spacial score (nSPS) is 10.1. The summed E-state index contributed by atoms with van der Waals surface area (Å²) in [5.41, 5.74) is 1.25. The lowest BCUT2D eigenvalue weighted by molar-refractivity contribution is -0.143. The number of amides is 1. The highest BCUT2D eigenvalue weighted by Gasteiger charge is 2.11. The molecule has 2 rings (SSSR count). The maximum absolute atomic E-state index is 12.0. The van der Waals surface area contributed by atoms with E-state index in [1.54, 1.807) is 30.3 Å². The van der Waals surface area contributed by atoms with Crippen LogP contribution in [0.2, 0.25) is 5.02 Å². The zero-order chi connectivity index (χ0) is 15.9. The summed E-state index contributed by atoms with van der Waals surface area (Å²) in [5, 5.41) is 3.08. The van der Waals surface area contributed by atoms with Crippen molar-refractivity contribution in [2.45, 2.75) is 6.61 Å². The second-order valence-corrected chi connectivity index (χ2v) is 5.98. The number of benzene rings is 2. The van der Waals surface area contributed by atoms with Gasteiger partial charge in [0.1, 0.15) is 13.2 Å². The Bertz CT molecular complexity index is 691. The Morgan fingerprint density at radius 1 is 1.09 bits per heavy atom. The summed E-state index contributed by atoms with van der Waals surface area (Å²) in [6.45, 7) is -0.106. The highest BCUT2D eigenvalue weighted by molar-refractivity contribution is 14.1. The van der Waals surface area contributed by atoms with E-state index in [4.69, 9.17) is 16.3 Å². The van der Waals surface area contributed by atoms with Crippen molar-refractivity contribution in [3.63, 3.8) is 0 Å². The first-order chi connectivity index (χ1) is 10.6. The molecule has 0 heterocycles. The van der Waals surface area contributed by atoms with Gasteiger partial charge in [-0.2, -0.15) is 0 Å². The molecule has 0 bridgehead atoms. The molecular formula is C16H13ClINO3. The van der Waals surface area contributed by atoms with Crippen LogP contribution < -0.4 is 5.32 Å². The van der Waals surface area contributed by atoms with Gasteiger partial charge in [-0.05, 0) is 40.8 Å². The van der Waals surface area contributed by atoms with E-state index >= 15 is 0 Å². The summed E-state index contributed by atoms with van der Waals surface area (Å²) in [5.74, 6) is -0.820. The molecule has 0 aromatic heterocycles. The van der Waals surface area contributed by atoms with E-state index in [1.807, 2.05) is 18.2 Å². The van der Waals surface area contributed by atoms with Crippen LogP contribution in [0.3, 0.4) is 0 Å². The first-order valence-corrected chi connectivity index (χ1v) is 7.95. The van der Waals surface area contributed by atoms with Crippen molar-refractivity contribution in [2.75, 3.05) is 6.54 Å². The predicted octanol–water partition coefficient (Wildman–Crippen LogP) is 3.42. The van der Waals surface area contributed by atoms with Crippen molar-refractivity contribution in [3.05, 3.63) is 68.3 Å². The van der Waals surface area contributed by atoms with Crippen molar-refractivity contribution < 1.29 is 14.3 Å². The van der Waals surface area contributed by atoms with Crippen LogP contribution in [-0.4, -0.2) is 18.4 Å². The number of ether oxygens (including phenoxy) is 1. The Labute approximate surface area is 146 Å². The number of rotatable bonds is 5. The van der Waals surface area contributed by atoms with Crippen molar-refractivity contribution in [1.29, 1.82) is 0 Å². The summed E-state index contributed by atoms with van der Waals surface area (Å²) in [6.07, 6.45) is 0. The molecule has 0 saturated carbocycles. The molecule has 0 unspecified atom stereocenters. The molecule has 6 heteroatoms. The molecule has 1 N–H and O–H groups in total. The zero-order valence-corrected chi connectivity index (χ0v) is 14.4. The fraction of sp³-hybridized carbons (Fsp3) is 0.125. The number of carbonyl (C=O) groups is 2. The van der Waals surface area contributed by atoms with Crippen LogP contribution in [0, 0.1) is 3.57 Å². The average Bonchev–Trinajstić information content (AvgIpc) is 2.52. The van der Waals surface area contributed by atoms with Gasteiger partial charge in [0.2, 0.25) is 0 Å². The average molecular weight is 430 g/mol. The molecule has 0 aliphatic carbocycles. The first-order valence-electron chi connectivity index (χ1n) is 6.49. The van der Waals surface area contributed by atoms with Crippen molar-refractivity contribution in [2.24, 2.45) is 0 Å². The SMILES string of the molecule is O=C(CNC(=O)c1ccccc1I)OCc1ccccc1Cl. The van der Waals surface area contributed by atoms with Crippen LogP contribution in [-0.2, 0) is 16.1 Å². The number of nitrogens with one attached hydrogen (secondary N) is 1. The van der Waals surface area contributed by atoms with Crippen molar-refractivity contribution in [1.82, 2.24) is 5.32 Å². The van der Waals surface area contributed by atoms with Crippen LogP contribution in [0.5, 0.6) is 0 Å². The summed E-state index contributed by atoms with van der Waals surface area (Å²) in [4.78, 5) is 23.6. The molecule has 0 fully saturated rings. The quantitative estimate of drug-likeness (QED) is 0.585. The van der Waals surface area contributed by atoms with Gasteiger partial charge >= 0.3 is 5.97 Å². The van der Waals surface area contributed by atoms with Crippen LogP contribution in [0.4, 0.5) is 0 Å². The van der Waals surface area contributed by atoms with Gasteiger partial charge in [-0.1, -0.05) is 41.9 Å². The van der Waals surface area contributed by atoms with E-state index in [1.165, 1.54) is 0 Å². The van der Waals surface area contributed by atoms with Gasteiger partial charge in [0.05, 0.1) is 5.56 Å². The number of hydrogen-bond acceptors (Lipinski definition) is 3. The number of hydrogen-bond donors (Lipinski definition) is 1. The maximum Gasteiger partial charge on any atom is 0.325 e. The lowest BCUT2D eigenvalue weighted by Gasteiger charge is -2.08. The Balaban J connectivity index is 1.82. The Morgan fingerprint density at radius 3 is 2.50 bits per heavy atom. The van der Waals surface area contributed by atoms with Crippen LogP contribution >= 0.6 is 34.2 Å². The Kier molecular flexibility index (Phi) is 6.21. The molecule has 4 nitrogen and oxygen atoms in total. The Hall–Kier alpha value is -1.60. The minimum absolute atomic E-state index is 0.0806. The highest BCUT2D eigenvalue weighted by atomic mass is 127. The lowest BCUT2D eigenvalue weighted by atomic mass is 10.2. The van der Waals surface area contributed by atoms with Gasteiger partial charge in [-0.25, -0.2) is 0 Å². The second kappa shape index (κ2) is 8.14. The molecule has 0 spiro atoms. The number of carbonyl (C=O) groups excluding carboxylic acids is 2. The van der Waals surface area contributed by atoms with E-state index in [0.717, 1.165) is 9.13 Å². The number of esters is 1. The molecule has 0 aliphatic rings. The van der Waals surface area contributed by atoms with Crippen LogP contribution in [0.25, 0.3) is 0 Å². The third-order valence-electron chi connectivity index (χ3n) is 2.86. The first kappa shape index (κ1) is 16.8. The van der Waals surface area contributed by atoms with Gasteiger partial charge in [0, 0.05) is 14.2 Å². The van der Waals surface area contributed by atoms with Gasteiger partial charge in [-0.3, -0.25) is 9.59 Å². The van der Waals surface area contributed by atoms with Crippen molar-refractivity contribution in [3.8, 4) is 0 Å². The van der Waals surface area contributed by atoms with Crippen LogP contribution in [0.1, 0.15) is 15.9 Å². The number of halogens is 2. The largest absolute Gasteiger partial charge is 0.459 e. The van der Waals surface area contributed by atoms with E-state index < -0.39 is 5.97 Å². The smallest absolute Gasteiger partial charge is 0.325 e. The van der Waals surface area contributed by atoms with E-state index in [9.17, 15) is 9.59 Å². The minimum Gasteiger partial charge on any atom is -0.459 e. The second-order valence-electron chi connectivity index (χ2n) is 4.41. The molecule has 0 atom stereocenters. The third-order valence-corrected chi connectivity index (χ3v) is 4.17. The monoisotopic (exact) mass is 429 g/mol. The maximum atomic E-state index is 12.0. The molecule has 0 radical (unpaired) electrons. The highest BCUT2D eigenvalue weighted by Crippen LogP contribution is 2.15. The standard InChI is InChI=1S/C16H13ClINO3/c17-13-7-3-1-5-11(13)10-22-15(20)9-19-16(21)12-6-2-4-8-14(12)18/h1-8H,9-10H2,(H,19,21). The molecule has 1 amide bonds. The fourth-order valence-corrected chi connectivity index (χ4v) is 2.54. The van der Waals surface area contributed by atoms with Crippen LogP contribution in [0.15, 0.2) is 48.5 Å². The minimum atomic E-state index is -0.515. The molecule has 2 aromatic rings. The van der Waals surface area contributed by atoms with E-state index in [-0.39, 0.29) is 19.1 Å². The summed E-state index contributed by atoms with van der Waals surface area (Å²) >= 11 is 8.04. The molecule has 0 saturated heterocycles. The van der Waals surface area contributed by atoms with Gasteiger partial charge in [0.25, 0.3) is 5.91 Å². The van der Waals surface area contributed by atoms with E-state index in [0.29, 0.717) is 10.6 Å². The topological polar surface area (TPSA) is 55.4 Å². The molecule has 2 aromatic carbocycles. The van der Waals surface area contributed by atoms with E-state index in [2.05, 4.69) is 27.9 Å². The van der Waals surface area contributed by atoms with Gasteiger partial charge in [0.15, 0.2) is 0 Å². The molecule has 22 heavy (non-hydrogen) atoms. The molecule has 114 valence electrons. The predicted molar refractivity (Wildman–Crippen MR) is 92.7 cm³/mol.